The Balaban J connectivity index is 2.40. The Labute approximate surface area is 92.5 Å². The quantitative estimate of drug-likeness (QED) is 0.630. The minimum Gasteiger partial charge on any atom is -0.297 e. The zero-order valence-electron chi connectivity index (χ0n) is 6.48. The minimum absolute atomic E-state index is 0.723. The lowest BCUT2D eigenvalue weighted by molar-refractivity contribution is 0.112. The van der Waals surface area contributed by atoms with E-state index < -0.39 is 0 Å². The first-order chi connectivity index (χ1) is 6.29. The van der Waals surface area contributed by atoms with Gasteiger partial charge in [-0.15, -0.1) is 11.3 Å². The number of carbonyl (C=O) groups excluding carboxylic acids is 1. The molecule has 0 N–H and O–H groups in total. The molecule has 0 amide bonds. The number of hydrogen-bond donors (Lipinski definition) is 0. The van der Waals surface area contributed by atoms with Crippen LogP contribution in [0, 0.1) is 3.57 Å². The van der Waals surface area contributed by atoms with Crippen LogP contribution in [0.25, 0.3) is 5.00 Å². The van der Waals surface area contributed by atoms with Gasteiger partial charge in [0.05, 0.1) is 14.6 Å². The highest BCUT2D eigenvalue weighted by Crippen LogP contribution is 2.19. The van der Waals surface area contributed by atoms with Crippen molar-refractivity contribution in [3.05, 3.63) is 33.0 Å². The summed E-state index contributed by atoms with van der Waals surface area (Å²) in [7, 11) is 0. The topological polar surface area (TPSA) is 34.9 Å². The highest BCUT2D eigenvalue weighted by Gasteiger charge is 2.02. The van der Waals surface area contributed by atoms with Gasteiger partial charge in [0.25, 0.3) is 0 Å². The van der Waals surface area contributed by atoms with Crippen molar-refractivity contribution in [2.24, 2.45) is 0 Å². The van der Waals surface area contributed by atoms with Gasteiger partial charge in [-0.25, -0.2) is 4.68 Å². The summed E-state index contributed by atoms with van der Waals surface area (Å²) in [6.45, 7) is 0. The van der Waals surface area contributed by atoms with E-state index in [1.54, 1.807) is 16.9 Å². The average molecular weight is 304 g/mol. The van der Waals surface area contributed by atoms with Crippen molar-refractivity contribution in [2.45, 2.75) is 0 Å². The highest BCUT2D eigenvalue weighted by atomic mass is 127. The Bertz CT molecular complexity index is 435. The number of hydrogen-bond acceptors (Lipinski definition) is 3. The summed E-state index contributed by atoms with van der Waals surface area (Å²) >= 11 is 3.62. The molecule has 5 heteroatoms. The van der Waals surface area contributed by atoms with Crippen molar-refractivity contribution in [2.75, 3.05) is 0 Å². The van der Waals surface area contributed by atoms with Gasteiger partial charge in [0.1, 0.15) is 5.00 Å². The SMILES string of the molecule is O=Cc1ccc(-n2cc(I)cn2)s1. The molecular formula is C8H5IN2OS. The van der Waals surface area contributed by atoms with Crippen molar-refractivity contribution in [1.82, 2.24) is 9.78 Å². The molecule has 0 spiro atoms. The van der Waals surface area contributed by atoms with Crippen LogP contribution in [0.3, 0.4) is 0 Å². The molecule has 0 radical (unpaired) electrons. The zero-order valence-corrected chi connectivity index (χ0v) is 9.45. The average Bonchev–Trinajstić information content (AvgIpc) is 2.71. The summed E-state index contributed by atoms with van der Waals surface area (Å²) in [5.74, 6) is 0. The fraction of sp³-hybridized carbons (Fsp3) is 0. The first-order valence-electron chi connectivity index (χ1n) is 3.55. The Morgan fingerprint density at radius 3 is 2.92 bits per heavy atom. The molecular weight excluding hydrogens is 299 g/mol. The molecule has 2 aromatic rings. The van der Waals surface area contributed by atoms with Gasteiger partial charge in [0.15, 0.2) is 6.29 Å². The van der Waals surface area contributed by atoms with E-state index in [9.17, 15) is 4.79 Å². The fourth-order valence-electron chi connectivity index (χ4n) is 0.950. The number of rotatable bonds is 2. The van der Waals surface area contributed by atoms with Crippen LogP contribution in [0.15, 0.2) is 24.5 Å². The van der Waals surface area contributed by atoms with Gasteiger partial charge in [-0.3, -0.25) is 4.79 Å². The number of halogens is 1. The van der Waals surface area contributed by atoms with Crippen LogP contribution >= 0.6 is 33.9 Å². The summed E-state index contributed by atoms with van der Waals surface area (Å²) in [5, 5.41) is 5.10. The second-order valence-corrected chi connectivity index (χ2v) is 4.74. The van der Waals surface area contributed by atoms with Crippen molar-refractivity contribution in [3.8, 4) is 5.00 Å². The number of thiophene rings is 1. The predicted octanol–water partition coefficient (Wildman–Crippen LogP) is 2.35. The van der Waals surface area contributed by atoms with Crippen molar-refractivity contribution in [1.29, 1.82) is 0 Å². The molecule has 3 nitrogen and oxygen atoms in total. The summed E-state index contributed by atoms with van der Waals surface area (Å²) in [4.78, 5) is 11.2. The molecule has 0 atom stereocenters. The molecule has 2 rings (SSSR count). The maximum atomic E-state index is 10.4. The van der Waals surface area contributed by atoms with E-state index in [4.69, 9.17) is 0 Å². The molecule has 0 aliphatic heterocycles. The van der Waals surface area contributed by atoms with Gasteiger partial charge in [-0.05, 0) is 34.7 Å². The van der Waals surface area contributed by atoms with Crippen LogP contribution in [0.1, 0.15) is 9.67 Å². The third-order valence-electron chi connectivity index (χ3n) is 1.51. The first kappa shape index (κ1) is 8.89. The molecule has 0 bridgehead atoms. The van der Waals surface area contributed by atoms with E-state index in [1.165, 1.54) is 11.3 Å². The molecule has 0 saturated carbocycles. The molecule has 0 aromatic carbocycles. The standard InChI is InChI=1S/C8H5IN2OS/c9-6-3-10-11(4-6)8-2-1-7(5-12)13-8/h1-5H. The lowest BCUT2D eigenvalue weighted by atomic mass is 10.5. The van der Waals surface area contributed by atoms with E-state index in [-0.39, 0.29) is 0 Å². The van der Waals surface area contributed by atoms with Crippen molar-refractivity contribution < 1.29 is 4.79 Å². The molecule has 2 aromatic heterocycles. The maximum Gasteiger partial charge on any atom is 0.160 e. The molecule has 0 aliphatic rings. The fourth-order valence-corrected chi connectivity index (χ4v) is 2.09. The van der Waals surface area contributed by atoms with E-state index >= 15 is 0 Å². The monoisotopic (exact) mass is 304 g/mol. The van der Waals surface area contributed by atoms with E-state index in [0.29, 0.717) is 0 Å². The summed E-state index contributed by atoms with van der Waals surface area (Å²) in [6, 6.07) is 3.68. The largest absolute Gasteiger partial charge is 0.297 e. The lowest BCUT2D eigenvalue weighted by Crippen LogP contribution is -1.88. The van der Waals surface area contributed by atoms with Crippen LogP contribution in [0.2, 0.25) is 0 Å². The van der Waals surface area contributed by atoms with Crippen molar-refractivity contribution in [3.63, 3.8) is 0 Å². The van der Waals surface area contributed by atoms with E-state index in [1.807, 2.05) is 12.3 Å². The number of carbonyl (C=O) groups is 1. The Hall–Kier alpha value is -0.690. The van der Waals surface area contributed by atoms with E-state index in [2.05, 4.69) is 27.7 Å². The number of aromatic nitrogens is 2. The van der Waals surface area contributed by atoms with Crippen molar-refractivity contribution >= 4 is 40.2 Å². The van der Waals surface area contributed by atoms with Gasteiger partial charge in [0.2, 0.25) is 0 Å². The summed E-state index contributed by atoms with van der Waals surface area (Å²) in [6.07, 6.45) is 4.55. The molecule has 66 valence electrons. The Kier molecular flexibility index (Phi) is 2.45. The lowest BCUT2D eigenvalue weighted by Gasteiger charge is -1.92. The Morgan fingerprint density at radius 1 is 1.54 bits per heavy atom. The van der Waals surface area contributed by atoms with Gasteiger partial charge in [0, 0.05) is 6.20 Å². The number of nitrogens with zero attached hydrogens (tertiary/aromatic N) is 2. The minimum atomic E-state index is 0.723. The first-order valence-corrected chi connectivity index (χ1v) is 5.44. The summed E-state index contributed by atoms with van der Waals surface area (Å²) in [5.41, 5.74) is 0. The van der Waals surface area contributed by atoms with Crippen LogP contribution in [0.4, 0.5) is 0 Å². The molecule has 13 heavy (non-hydrogen) atoms. The third kappa shape index (κ3) is 1.80. The van der Waals surface area contributed by atoms with Crippen LogP contribution in [-0.2, 0) is 0 Å². The van der Waals surface area contributed by atoms with Gasteiger partial charge in [-0.1, -0.05) is 0 Å². The zero-order chi connectivity index (χ0) is 9.26. The second-order valence-electron chi connectivity index (χ2n) is 2.40. The summed E-state index contributed by atoms with van der Waals surface area (Å²) < 4.78 is 2.85. The smallest absolute Gasteiger partial charge is 0.160 e. The van der Waals surface area contributed by atoms with Crippen LogP contribution in [-0.4, -0.2) is 16.1 Å². The predicted molar refractivity (Wildman–Crippen MR) is 59.5 cm³/mol. The Morgan fingerprint density at radius 2 is 2.38 bits per heavy atom. The van der Waals surface area contributed by atoms with Gasteiger partial charge < -0.3 is 0 Å². The maximum absolute atomic E-state index is 10.4. The van der Waals surface area contributed by atoms with Crippen LogP contribution < -0.4 is 0 Å². The molecule has 0 aliphatic carbocycles. The highest BCUT2D eigenvalue weighted by molar-refractivity contribution is 14.1. The van der Waals surface area contributed by atoms with E-state index in [0.717, 1.165) is 19.7 Å². The van der Waals surface area contributed by atoms with Gasteiger partial charge >= 0.3 is 0 Å². The third-order valence-corrected chi connectivity index (χ3v) is 3.06. The van der Waals surface area contributed by atoms with Crippen LogP contribution in [0.5, 0.6) is 0 Å². The number of aldehydes is 1. The van der Waals surface area contributed by atoms with Gasteiger partial charge in [-0.2, -0.15) is 5.10 Å². The second kappa shape index (κ2) is 3.59. The molecule has 2 heterocycles. The molecule has 0 saturated heterocycles. The normalized spacial score (nSPS) is 10.2. The molecule has 0 fully saturated rings. The molecule has 0 unspecified atom stereocenters.